The van der Waals surface area contributed by atoms with Crippen LogP contribution in [0.1, 0.15) is 36.6 Å². The molecule has 1 amide bonds. The van der Waals surface area contributed by atoms with Crippen LogP contribution >= 0.6 is 0 Å². The standard InChI is InChI=1S/C27H26N2O5/c1-17(2)16-34-22-11-7-20(8-12-22)25(31)23-24(19-5-9-21(30)10-6-19)29(27(33)26(23)32)15-18-4-3-13-28-14-18/h3-14,17,24,30-31H,15-16H2,1-2H3/b25-23+. The summed E-state index contributed by atoms with van der Waals surface area (Å²) in [4.78, 5) is 31.7. The van der Waals surface area contributed by atoms with E-state index in [1.807, 2.05) is 19.9 Å². The van der Waals surface area contributed by atoms with Gasteiger partial charge in [-0.2, -0.15) is 0 Å². The second kappa shape index (κ2) is 9.79. The number of benzene rings is 2. The Morgan fingerprint density at radius 3 is 2.38 bits per heavy atom. The van der Waals surface area contributed by atoms with Crippen molar-refractivity contribution in [2.75, 3.05) is 6.61 Å². The van der Waals surface area contributed by atoms with Gasteiger partial charge in [0.15, 0.2) is 0 Å². The molecule has 3 aromatic rings. The van der Waals surface area contributed by atoms with Crippen LogP contribution in [0.25, 0.3) is 5.76 Å². The van der Waals surface area contributed by atoms with Crippen molar-refractivity contribution < 1.29 is 24.5 Å². The quantitative estimate of drug-likeness (QED) is 0.308. The highest BCUT2D eigenvalue weighted by atomic mass is 16.5. The summed E-state index contributed by atoms with van der Waals surface area (Å²) >= 11 is 0. The lowest BCUT2D eigenvalue weighted by Crippen LogP contribution is -2.29. The van der Waals surface area contributed by atoms with E-state index >= 15 is 0 Å². The number of carbonyl (C=O) groups excluding carboxylic acids is 2. The van der Waals surface area contributed by atoms with Gasteiger partial charge in [-0.1, -0.05) is 32.0 Å². The van der Waals surface area contributed by atoms with Crippen LogP contribution in [0, 0.1) is 5.92 Å². The van der Waals surface area contributed by atoms with Gasteiger partial charge in [0, 0.05) is 24.5 Å². The van der Waals surface area contributed by atoms with Gasteiger partial charge in [0.1, 0.15) is 17.3 Å². The van der Waals surface area contributed by atoms with Gasteiger partial charge in [0.25, 0.3) is 11.7 Å². The van der Waals surface area contributed by atoms with Crippen LogP contribution < -0.4 is 4.74 Å². The second-order valence-electron chi connectivity index (χ2n) is 8.61. The van der Waals surface area contributed by atoms with Gasteiger partial charge in [-0.05, 0) is 59.5 Å². The minimum absolute atomic E-state index is 0.00423. The number of phenolic OH excluding ortho intramolecular Hbond substituents is 1. The van der Waals surface area contributed by atoms with Gasteiger partial charge >= 0.3 is 0 Å². The van der Waals surface area contributed by atoms with Crippen molar-refractivity contribution in [1.29, 1.82) is 0 Å². The molecule has 1 aliphatic heterocycles. The van der Waals surface area contributed by atoms with Gasteiger partial charge in [0.2, 0.25) is 0 Å². The summed E-state index contributed by atoms with van der Waals surface area (Å²) in [7, 11) is 0. The lowest BCUT2D eigenvalue weighted by Gasteiger charge is -2.25. The number of carbonyl (C=O) groups is 2. The molecule has 0 saturated carbocycles. The number of hydrogen-bond acceptors (Lipinski definition) is 6. The Labute approximate surface area is 198 Å². The minimum atomic E-state index is -0.822. The van der Waals surface area contributed by atoms with E-state index in [1.54, 1.807) is 54.9 Å². The number of amides is 1. The Morgan fingerprint density at radius 1 is 1.06 bits per heavy atom. The highest BCUT2D eigenvalue weighted by Crippen LogP contribution is 2.40. The predicted molar refractivity (Wildman–Crippen MR) is 127 cm³/mol. The molecule has 1 saturated heterocycles. The number of aromatic nitrogens is 1. The molecule has 1 aromatic heterocycles. The molecule has 1 unspecified atom stereocenters. The number of hydrogen-bond donors (Lipinski definition) is 2. The molecule has 1 aliphatic rings. The molecular formula is C27H26N2O5. The number of ether oxygens (including phenoxy) is 1. The summed E-state index contributed by atoms with van der Waals surface area (Å²) in [6.45, 7) is 4.80. The fourth-order valence-electron chi connectivity index (χ4n) is 3.86. The molecule has 0 bridgehead atoms. The van der Waals surface area contributed by atoms with E-state index < -0.39 is 17.7 Å². The van der Waals surface area contributed by atoms with Crippen LogP contribution in [0.3, 0.4) is 0 Å². The van der Waals surface area contributed by atoms with Crippen LogP contribution in [-0.2, 0) is 16.1 Å². The zero-order valence-electron chi connectivity index (χ0n) is 19.0. The van der Waals surface area contributed by atoms with Crippen LogP contribution in [-0.4, -0.2) is 38.4 Å². The SMILES string of the molecule is CC(C)COc1ccc(/C(O)=C2\C(=O)C(=O)N(Cc3cccnc3)C2c2ccc(O)cc2)cc1. The number of aromatic hydroxyl groups is 1. The third kappa shape index (κ3) is 4.78. The normalized spacial score (nSPS) is 17.4. The molecule has 1 fully saturated rings. The largest absolute Gasteiger partial charge is 0.508 e. The van der Waals surface area contributed by atoms with Crippen LogP contribution in [0.2, 0.25) is 0 Å². The van der Waals surface area contributed by atoms with Crippen molar-refractivity contribution in [3.63, 3.8) is 0 Å². The van der Waals surface area contributed by atoms with Gasteiger partial charge in [-0.3, -0.25) is 14.6 Å². The molecule has 2 N–H and O–H groups in total. The second-order valence-corrected chi connectivity index (χ2v) is 8.61. The first-order valence-corrected chi connectivity index (χ1v) is 11.0. The maximum Gasteiger partial charge on any atom is 0.295 e. The summed E-state index contributed by atoms with van der Waals surface area (Å²) in [5.41, 5.74) is 1.75. The van der Waals surface area contributed by atoms with E-state index in [1.165, 1.54) is 17.0 Å². The topological polar surface area (TPSA) is 100.0 Å². The predicted octanol–water partition coefficient (Wildman–Crippen LogP) is 4.44. The average Bonchev–Trinajstić information content (AvgIpc) is 3.08. The maximum atomic E-state index is 13.1. The summed E-state index contributed by atoms with van der Waals surface area (Å²) in [5.74, 6) is -0.656. The number of phenols is 1. The Morgan fingerprint density at radius 2 is 1.76 bits per heavy atom. The van der Waals surface area contributed by atoms with Crippen molar-refractivity contribution >= 4 is 17.4 Å². The first-order chi connectivity index (χ1) is 16.3. The summed E-state index contributed by atoms with van der Waals surface area (Å²) in [6.07, 6.45) is 3.26. The molecule has 34 heavy (non-hydrogen) atoms. The fraction of sp³-hybridized carbons (Fsp3) is 0.222. The molecule has 174 valence electrons. The third-order valence-electron chi connectivity index (χ3n) is 5.54. The lowest BCUT2D eigenvalue weighted by molar-refractivity contribution is -0.140. The molecule has 2 aromatic carbocycles. The zero-order valence-corrected chi connectivity index (χ0v) is 19.0. The molecule has 2 heterocycles. The first kappa shape index (κ1) is 23.0. The van der Waals surface area contributed by atoms with E-state index in [4.69, 9.17) is 4.74 Å². The van der Waals surface area contributed by atoms with E-state index in [9.17, 15) is 19.8 Å². The van der Waals surface area contributed by atoms with Crippen LogP contribution in [0.5, 0.6) is 11.5 Å². The molecule has 0 aliphatic carbocycles. The monoisotopic (exact) mass is 458 g/mol. The van der Waals surface area contributed by atoms with Crippen molar-refractivity contribution in [1.82, 2.24) is 9.88 Å². The van der Waals surface area contributed by atoms with E-state index in [0.29, 0.717) is 29.4 Å². The highest BCUT2D eigenvalue weighted by Gasteiger charge is 2.46. The lowest BCUT2D eigenvalue weighted by atomic mass is 9.95. The van der Waals surface area contributed by atoms with Crippen molar-refractivity contribution in [2.24, 2.45) is 5.92 Å². The molecule has 0 spiro atoms. The number of nitrogens with zero attached hydrogens (tertiary/aromatic N) is 2. The molecule has 4 rings (SSSR count). The summed E-state index contributed by atoms with van der Waals surface area (Å²) in [6, 6.07) is 15.8. The van der Waals surface area contributed by atoms with Gasteiger partial charge < -0.3 is 19.8 Å². The van der Waals surface area contributed by atoms with Gasteiger partial charge in [-0.25, -0.2) is 0 Å². The summed E-state index contributed by atoms with van der Waals surface area (Å²) in [5, 5.41) is 20.9. The first-order valence-electron chi connectivity index (χ1n) is 11.0. The number of rotatable bonds is 7. The third-order valence-corrected chi connectivity index (χ3v) is 5.54. The van der Waals surface area contributed by atoms with E-state index in [2.05, 4.69) is 4.98 Å². The van der Waals surface area contributed by atoms with Crippen molar-refractivity contribution in [3.8, 4) is 11.5 Å². The smallest absolute Gasteiger partial charge is 0.295 e. The minimum Gasteiger partial charge on any atom is -0.508 e. The van der Waals surface area contributed by atoms with Crippen LogP contribution in [0.4, 0.5) is 0 Å². The van der Waals surface area contributed by atoms with Crippen molar-refractivity contribution in [3.05, 3.63) is 95.3 Å². The Bertz CT molecular complexity index is 1200. The number of Topliss-reactive ketones (excluding diaryl/α,β-unsaturated/α-hetero) is 1. The Hall–Kier alpha value is -4.13. The maximum absolute atomic E-state index is 13.1. The number of likely N-dealkylation sites (tertiary alicyclic amines) is 1. The molecule has 1 atom stereocenters. The number of aliphatic hydroxyl groups excluding tert-OH is 1. The molecular weight excluding hydrogens is 432 g/mol. The van der Waals surface area contributed by atoms with Gasteiger partial charge in [0.05, 0.1) is 18.2 Å². The van der Waals surface area contributed by atoms with E-state index in [0.717, 1.165) is 5.56 Å². The number of pyridine rings is 1. The highest BCUT2D eigenvalue weighted by molar-refractivity contribution is 6.46. The van der Waals surface area contributed by atoms with E-state index in [-0.39, 0.29) is 23.6 Å². The van der Waals surface area contributed by atoms with Crippen LogP contribution in [0.15, 0.2) is 78.6 Å². The molecule has 7 heteroatoms. The molecule has 7 nitrogen and oxygen atoms in total. The van der Waals surface area contributed by atoms with Gasteiger partial charge in [-0.15, -0.1) is 0 Å². The number of aliphatic hydroxyl groups is 1. The summed E-state index contributed by atoms with van der Waals surface area (Å²) < 4.78 is 5.69. The Balaban J connectivity index is 1.75. The zero-order chi connectivity index (χ0) is 24.2. The molecule has 0 radical (unpaired) electrons. The fourth-order valence-corrected chi connectivity index (χ4v) is 3.86. The number of ketones is 1. The average molecular weight is 459 g/mol. The Kier molecular flexibility index (Phi) is 6.63. The van der Waals surface area contributed by atoms with Crippen molar-refractivity contribution in [2.45, 2.75) is 26.4 Å².